The first-order valence-electron chi connectivity index (χ1n) is 4.82. The zero-order valence-electron chi connectivity index (χ0n) is 8.12. The minimum atomic E-state index is 0.294. The lowest BCUT2D eigenvalue weighted by atomic mass is 10.1. The number of aryl methyl sites for hydroxylation is 1. The number of hydrogen-bond acceptors (Lipinski definition) is 4. The molecule has 1 saturated carbocycles. The molecule has 0 bridgehead atoms. The lowest BCUT2D eigenvalue weighted by Gasteiger charge is -2.06. The third kappa shape index (κ3) is 1.41. The number of hydrogen-bond donors (Lipinski definition) is 1. The lowest BCUT2D eigenvalue weighted by Crippen LogP contribution is -2.06. The van der Waals surface area contributed by atoms with Crippen LogP contribution < -0.4 is 5.73 Å². The third-order valence-electron chi connectivity index (χ3n) is 2.44. The molecule has 2 N–H and O–H groups in total. The van der Waals surface area contributed by atoms with Gasteiger partial charge in [0.1, 0.15) is 6.07 Å². The Kier molecular flexibility index (Phi) is 2.08. The zero-order chi connectivity index (χ0) is 10.1. The van der Waals surface area contributed by atoms with Crippen molar-refractivity contribution in [1.82, 2.24) is 9.97 Å². The molecule has 0 radical (unpaired) electrons. The van der Waals surface area contributed by atoms with Crippen LogP contribution in [0, 0.1) is 11.3 Å². The molecule has 1 fully saturated rings. The molecule has 1 aliphatic rings. The number of nitriles is 1. The number of nitrogens with two attached hydrogens (primary N) is 1. The number of rotatable bonds is 2. The van der Waals surface area contributed by atoms with Gasteiger partial charge in [0.25, 0.3) is 0 Å². The molecule has 0 amide bonds. The van der Waals surface area contributed by atoms with Crippen molar-refractivity contribution in [2.45, 2.75) is 32.1 Å². The summed E-state index contributed by atoms with van der Waals surface area (Å²) in [6, 6.07) is 2.18. The summed E-state index contributed by atoms with van der Waals surface area (Å²) < 4.78 is 0. The van der Waals surface area contributed by atoms with Crippen molar-refractivity contribution in [2.75, 3.05) is 5.73 Å². The first-order chi connectivity index (χ1) is 6.76. The Labute approximate surface area is 82.8 Å². The fourth-order valence-corrected chi connectivity index (χ4v) is 1.58. The molecule has 0 aromatic carbocycles. The molecule has 14 heavy (non-hydrogen) atoms. The normalized spacial score (nSPS) is 15.1. The molecule has 2 rings (SSSR count). The molecular weight excluding hydrogens is 176 g/mol. The molecule has 0 aliphatic heterocycles. The summed E-state index contributed by atoms with van der Waals surface area (Å²) in [5, 5.41) is 9.03. The minimum absolute atomic E-state index is 0.294. The Morgan fingerprint density at radius 2 is 2.21 bits per heavy atom. The van der Waals surface area contributed by atoms with Crippen LogP contribution in [0.25, 0.3) is 0 Å². The second kappa shape index (κ2) is 3.26. The van der Waals surface area contributed by atoms with E-state index < -0.39 is 0 Å². The lowest BCUT2D eigenvalue weighted by molar-refractivity contribution is 0.926. The summed E-state index contributed by atoms with van der Waals surface area (Å²) >= 11 is 0. The van der Waals surface area contributed by atoms with E-state index >= 15 is 0 Å². The SMILES string of the molecule is CCc1nc(N)nc(C2CC2)c1C#N. The summed E-state index contributed by atoms with van der Waals surface area (Å²) in [4.78, 5) is 8.24. The van der Waals surface area contributed by atoms with E-state index in [-0.39, 0.29) is 0 Å². The minimum Gasteiger partial charge on any atom is -0.368 e. The topological polar surface area (TPSA) is 75.6 Å². The standard InChI is InChI=1S/C10H12N4/c1-2-8-7(5-11)9(6-3-4-6)14-10(12)13-8/h6H,2-4H2,1H3,(H2,12,13,14). The third-order valence-corrected chi connectivity index (χ3v) is 2.44. The van der Waals surface area contributed by atoms with Gasteiger partial charge in [-0.05, 0) is 19.3 Å². The Morgan fingerprint density at radius 1 is 1.50 bits per heavy atom. The van der Waals surface area contributed by atoms with Crippen LogP contribution in [-0.2, 0) is 6.42 Å². The van der Waals surface area contributed by atoms with Crippen molar-refractivity contribution in [1.29, 1.82) is 5.26 Å². The molecule has 4 nitrogen and oxygen atoms in total. The predicted molar refractivity (Wildman–Crippen MR) is 52.5 cm³/mol. The van der Waals surface area contributed by atoms with E-state index in [1.165, 1.54) is 0 Å². The summed E-state index contributed by atoms with van der Waals surface area (Å²) in [5.74, 6) is 0.739. The van der Waals surface area contributed by atoms with Gasteiger partial charge in [-0.25, -0.2) is 9.97 Å². The number of aromatic nitrogens is 2. The van der Waals surface area contributed by atoms with Gasteiger partial charge in [-0.1, -0.05) is 6.92 Å². The molecule has 0 saturated heterocycles. The van der Waals surface area contributed by atoms with E-state index in [1.54, 1.807) is 0 Å². The molecule has 0 spiro atoms. The van der Waals surface area contributed by atoms with Crippen molar-refractivity contribution < 1.29 is 0 Å². The van der Waals surface area contributed by atoms with Crippen molar-refractivity contribution in [3.8, 4) is 6.07 Å². The largest absolute Gasteiger partial charge is 0.368 e. The van der Waals surface area contributed by atoms with Gasteiger partial charge in [-0.3, -0.25) is 0 Å². The van der Waals surface area contributed by atoms with Crippen LogP contribution in [0.15, 0.2) is 0 Å². The number of nitrogen functional groups attached to an aromatic ring is 1. The highest BCUT2D eigenvalue weighted by Crippen LogP contribution is 2.41. The van der Waals surface area contributed by atoms with E-state index in [9.17, 15) is 0 Å². The number of anilines is 1. The predicted octanol–water partition coefficient (Wildman–Crippen LogP) is 1.37. The Bertz CT molecular complexity index is 401. The van der Waals surface area contributed by atoms with E-state index in [2.05, 4.69) is 16.0 Å². The monoisotopic (exact) mass is 188 g/mol. The van der Waals surface area contributed by atoms with Gasteiger partial charge < -0.3 is 5.73 Å². The van der Waals surface area contributed by atoms with Crippen molar-refractivity contribution in [2.24, 2.45) is 0 Å². The van der Waals surface area contributed by atoms with Gasteiger partial charge >= 0.3 is 0 Å². The highest BCUT2D eigenvalue weighted by atomic mass is 15.0. The van der Waals surface area contributed by atoms with Crippen LogP contribution in [-0.4, -0.2) is 9.97 Å². The van der Waals surface area contributed by atoms with Gasteiger partial charge in [0, 0.05) is 5.92 Å². The van der Waals surface area contributed by atoms with Crippen LogP contribution in [0.5, 0.6) is 0 Å². The summed E-state index contributed by atoms with van der Waals surface area (Å²) in [7, 11) is 0. The highest BCUT2D eigenvalue weighted by molar-refractivity contribution is 5.43. The molecular formula is C10H12N4. The van der Waals surface area contributed by atoms with Crippen LogP contribution in [0.3, 0.4) is 0 Å². The van der Waals surface area contributed by atoms with E-state index in [0.717, 1.165) is 30.7 Å². The van der Waals surface area contributed by atoms with Gasteiger partial charge in [-0.2, -0.15) is 5.26 Å². The smallest absolute Gasteiger partial charge is 0.220 e. The molecule has 0 atom stereocenters. The molecule has 0 unspecified atom stereocenters. The van der Waals surface area contributed by atoms with Crippen LogP contribution in [0.4, 0.5) is 5.95 Å². The first-order valence-corrected chi connectivity index (χ1v) is 4.82. The quantitative estimate of drug-likeness (QED) is 0.760. The van der Waals surface area contributed by atoms with Gasteiger partial charge in [-0.15, -0.1) is 0 Å². The average Bonchev–Trinajstić information content (AvgIpc) is 2.99. The Balaban J connectivity index is 2.56. The van der Waals surface area contributed by atoms with Crippen LogP contribution in [0.2, 0.25) is 0 Å². The molecule has 1 heterocycles. The molecule has 72 valence electrons. The highest BCUT2D eigenvalue weighted by Gasteiger charge is 2.29. The van der Waals surface area contributed by atoms with Gasteiger partial charge in [0.05, 0.1) is 17.0 Å². The molecule has 4 heteroatoms. The van der Waals surface area contributed by atoms with E-state index in [1.807, 2.05) is 6.92 Å². The van der Waals surface area contributed by atoms with Crippen molar-refractivity contribution >= 4 is 5.95 Å². The van der Waals surface area contributed by atoms with E-state index in [4.69, 9.17) is 11.0 Å². The maximum Gasteiger partial charge on any atom is 0.220 e. The zero-order valence-corrected chi connectivity index (χ0v) is 8.12. The Morgan fingerprint density at radius 3 is 2.71 bits per heavy atom. The van der Waals surface area contributed by atoms with Gasteiger partial charge in [0.2, 0.25) is 5.95 Å². The number of nitrogens with zero attached hydrogens (tertiary/aromatic N) is 3. The Hall–Kier alpha value is -1.63. The second-order valence-electron chi connectivity index (χ2n) is 3.53. The van der Waals surface area contributed by atoms with Crippen LogP contribution >= 0.6 is 0 Å². The summed E-state index contributed by atoms with van der Waals surface area (Å²) in [6.45, 7) is 1.97. The molecule has 1 aromatic rings. The maximum atomic E-state index is 9.03. The fourth-order valence-electron chi connectivity index (χ4n) is 1.58. The first kappa shape index (κ1) is 8.95. The summed E-state index contributed by atoms with van der Waals surface area (Å²) in [6.07, 6.45) is 2.97. The fraction of sp³-hybridized carbons (Fsp3) is 0.500. The second-order valence-corrected chi connectivity index (χ2v) is 3.53. The van der Waals surface area contributed by atoms with Crippen molar-refractivity contribution in [3.05, 3.63) is 17.0 Å². The molecule has 1 aliphatic carbocycles. The van der Waals surface area contributed by atoms with E-state index in [0.29, 0.717) is 17.4 Å². The summed E-state index contributed by atoms with van der Waals surface area (Å²) in [5.41, 5.74) is 7.87. The van der Waals surface area contributed by atoms with Crippen LogP contribution in [0.1, 0.15) is 42.6 Å². The van der Waals surface area contributed by atoms with Crippen molar-refractivity contribution in [3.63, 3.8) is 0 Å². The maximum absolute atomic E-state index is 9.03. The average molecular weight is 188 g/mol. The van der Waals surface area contributed by atoms with Gasteiger partial charge in [0.15, 0.2) is 0 Å². The molecule has 1 aromatic heterocycles.